The number of piperidine rings is 1. The zero-order chi connectivity index (χ0) is 17.9. The SMILES string of the molecule is Cc1nc([C@H]2CCCN(C(=O)CN(C)C)C2)ncc1C(=O)N(C)C. The lowest BCUT2D eigenvalue weighted by atomic mass is 9.96. The van der Waals surface area contributed by atoms with Gasteiger partial charge in [-0.1, -0.05) is 0 Å². The molecule has 0 aromatic carbocycles. The molecule has 0 N–H and O–H groups in total. The van der Waals surface area contributed by atoms with Gasteiger partial charge in [0.1, 0.15) is 5.82 Å². The van der Waals surface area contributed by atoms with Crippen LogP contribution < -0.4 is 0 Å². The molecule has 1 aliphatic rings. The minimum absolute atomic E-state index is 0.0921. The van der Waals surface area contributed by atoms with Gasteiger partial charge < -0.3 is 14.7 Å². The maximum absolute atomic E-state index is 12.3. The fourth-order valence-corrected chi connectivity index (χ4v) is 2.92. The van der Waals surface area contributed by atoms with E-state index in [1.54, 1.807) is 20.3 Å². The van der Waals surface area contributed by atoms with Gasteiger partial charge >= 0.3 is 0 Å². The summed E-state index contributed by atoms with van der Waals surface area (Å²) in [5, 5.41) is 0. The van der Waals surface area contributed by atoms with E-state index in [9.17, 15) is 9.59 Å². The molecule has 0 radical (unpaired) electrons. The van der Waals surface area contributed by atoms with Gasteiger partial charge in [0.15, 0.2) is 0 Å². The van der Waals surface area contributed by atoms with E-state index >= 15 is 0 Å². The Hall–Kier alpha value is -2.02. The van der Waals surface area contributed by atoms with Crippen LogP contribution >= 0.6 is 0 Å². The first kappa shape index (κ1) is 18.3. The van der Waals surface area contributed by atoms with Crippen molar-refractivity contribution in [3.63, 3.8) is 0 Å². The molecule has 2 amide bonds. The Bertz CT molecular complexity index is 615. The second-order valence-corrected chi connectivity index (χ2v) is 6.84. The molecule has 0 bridgehead atoms. The predicted molar refractivity (Wildman–Crippen MR) is 91.9 cm³/mol. The Balaban J connectivity index is 2.12. The van der Waals surface area contributed by atoms with Crippen LogP contribution in [0.3, 0.4) is 0 Å². The molecule has 1 aliphatic heterocycles. The number of carbonyl (C=O) groups is 2. The van der Waals surface area contributed by atoms with Crippen LogP contribution in [0, 0.1) is 6.92 Å². The third-order valence-corrected chi connectivity index (χ3v) is 4.23. The molecule has 0 unspecified atom stereocenters. The van der Waals surface area contributed by atoms with Gasteiger partial charge in [-0.3, -0.25) is 9.59 Å². The molecule has 7 heteroatoms. The van der Waals surface area contributed by atoms with E-state index in [0.29, 0.717) is 24.3 Å². The van der Waals surface area contributed by atoms with Crippen molar-refractivity contribution in [3.8, 4) is 0 Å². The lowest BCUT2D eigenvalue weighted by Gasteiger charge is -2.33. The Morgan fingerprint density at radius 3 is 2.58 bits per heavy atom. The summed E-state index contributed by atoms with van der Waals surface area (Å²) in [6, 6.07) is 0. The van der Waals surface area contributed by atoms with Crippen LogP contribution in [0.15, 0.2) is 6.20 Å². The summed E-state index contributed by atoms with van der Waals surface area (Å²) >= 11 is 0. The third-order valence-electron chi connectivity index (χ3n) is 4.23. The van der Waals surface area contributed by atoms with E-state index in [2.05, 4.69) is 9.97 Å². The van der Waals surface area contributed by atoms with Crippen LogP contribution in [0.25, 0.3) is 0 Å². The van der Waals surface area contributed by atoms with Gasteiger partial charge in [-0.25, -0.2) is 9.97 Å². The number of likely N-dealkylation sites (N-methyl/N-ethyl adjacent to an activating group) is 1. The molecule has 1 fully saturated rings. The topological polar surface area (TPSA) is 69.6 Å². The smallest absolute Gasteiger partial charge is 0.256 e. The Labute approximate surface area is 143 Å². The summed E-state index contributed by atoms with van der Waals surface area (Å²) in [6.07, 6.45) is 3.53. The molecule has 0 aliphatic carbocycles. The van der Waals surface area contributed by atoms with E-state index in [1.165, 1.54) is 4.90 Å². The molecule has 1 aromatic heterocycles. The summed E-state index contributed by atoms with van der Waals surface area (Å²) in [5.41, 5.74) is 1.22. The summed E-state index contributed by atoms with van der Waals surface area (Å²) < 4.78 is 0. The van der Waals surface area contributed by atoms with E-state index in [0.717, 1.165) is 25.2 Å². The fourth-order valence-electron chi connectivity index (χ4n) is 2.92. The summed E-state index contributed by atoms with van der Waals surface area (Å²) in [4.78, 5) is 38.6. The lowest BCUT2D eigenvalue weighted by molar-refractivity contribution is -0.133. The van der Waals surface area contributed by atoms with E-state index < -0.39 is 0 Å². The summed E-state index contributed by atoms with van der Waals surface area (Å²) in [6.45, 7) is 3.69. The number of hydrogen-bond acceptors (Lipinski definition) is 5. The number of rotatable bonds is 4. The Morgan fingerprint density at radius 2 is 2.00 bits per heavy atom. The van der Waals surface area contributed by atoms with Crippen molar-refractivity contribution < 1.29 is 9.59 Å². The van der Waals surface area contributed by atoms with Crippen LogP contribution in [-0.4, -0.2) is 84.3 Å². The Kier molecular flexibility index (Phi) is 5.88. The maximum Gasteiger partial charge on any atom is 0.256 e. The number of carbonyl (C=O) groups excluding carboxylic acids is 2. The largest absolute Gasteiger partial charge is 0.345 e. The van der Waals surface area contributed by atoms with Crippen LogP contribution in [0.4, 0.5) is 0 Å². The van der Waals surface area contributed by atoms with Crippen LogP contribution in [-0.2, 0) is 4.79 Å². The maximum atomic E-state index is 12.3. The van der Waals surface area contributed by atoms with Crippen LogP contribution in [0.2, 0.25) is 0 Å². The zero-order valence-corrected chi connectivity index (χ0v) is 15.2. The zero-order valence-electron chi connectivity index (χ0n) is 15.2. The number of hydrogen-bond donors (Lipinski definition) is 0. The van der Waals surface area contributed by atoms with Gasteiger partial charge in [0.25, 0.3) is 5.91 Å². The molecule has 24 heavy (non-hydrogen) atoms. The molecular weight excluding hydrogens is 306 g/mol. The molecule has 0 spiro atoms. The minimum Gasteiger partial charge on any atom is -0.345 e. The molecular formula is C17H27N5O2. The van der Waals surface area contributed by atoms with E-state index in [1.807, 2.05) is 30.8 Å². The molecule has 132 valence electrons. The molecule has 1 aromatic rings. The van der Waals surface area contributed by atoms with Crippen LogP contribution in [0.1, 0.15) is 40.6 Å². The van der Waals surface area contributed by atoms with E-state index in [-0.39, 0.29) is 17.7 Å². The molecule has 1 atom stereocenters. The van der Waals surface area contributed by atoms with Crippen molar-refractivity contribution in [3.05, 3.63) is 23.3 Å². The van der Waals surface area contributed by atoms with Crippen molar-refractivity contribution in [2.24, 2.45) is 0 Å². The van der Waals surface area contributed by atoms with Crippen LogP contribution in [0.5, 0.6) is 0 Å². The monoisotopic (exact) mass is 333 g/mol. The number of aromatic nitrogens is 2. The lowest BCUT2D eigenvalue weighted by Crippen LogP contribution is -2.43. The van der Waals surface area contributed by atoms with Gasteiger partial charge in [-0.05, 0) is 33.9 Å². The second kappa shape index (κ2) is 7.70. The van der Waals surface area contributed by atoms with Crippen molar-refractivity contribution in [2.75, 3.05) is 47.8 Å². The van der Waals surface area contributed by atoms with Crippen molar-refractivity contribution in [2.45, 2.75) is 25.7 Å². The first-order valence-corrected chi connectivity index (χ1v) is 8.27. The normalized spacial score (nSPS) is 17.9. The summed E-state index contributed by atoms with van der Waals surface area (Å²) in [7, 11) is 7.22. The quantitative estimate of drug-likeness (QED) is 0.813. The van der Waals surface area contributed by atoms with Gasteiger partial charge in [0, 0.05) is 39.3 Å². The molecule has 2 rings (SSSR count). The molecule has 2 heterocycles. The van der Waals surface area contributed by atoms with Gasteiger partial charge in [-0.2, -0.15) is 0 Å². The molecule has 7 nitrogen and oxygen atoms in total. The summed E-state index contributed by atoms with van der Waals surface area (Å²) in [5.74, 6) is 0.906. The number of nitrogens with zero attached hydrogens (tertiary/aromatic N) is 5. The van der Waals surface area contributed by atoms with Crippen molar-refractivity contribution in [1.29, 1.82) is 0 Å². The highest BCUT2D eigenvalue weighted by molar-refractivity contribution is 5.94. The minimum atomic E-state index is -0.0921. The van der Waals surface area contributed by atoms with E-state index in [4.69, 9.17) is 0 Å². The number of aryl methyl sites for hydroxylation is 1. The average molecular weight is 333 g/mol. The van der Waals surface area contributed by atoms with Gasteiger partial charge in [0.2, 0.25) is 5.91 Å². The highest BCUT2D eigenvalue weighted by Crippen LogP contribution is 2.25. The molecule has 0 saturated carbocycles. The fraction of sp³-hybridized carbons (Fsp3) is 0.647. The third kappa shape index (κ3) is 4.29. The Morgan fingerprint density at radius 1 is 1.29 bits per heavy atom. The first-order valence-electron chi connectivity index (χ1n) is 8.27. The predicted octanol–water partition coefficient (Wildman–Crippen LogP) is 0.754. The van der Waals surface area contributed by atoms with Gasteiger partial charge in [0.05, 0.1) is 17.8 Å². The second-order valence-electron chi connectivity index (χ2n) is 6.84. The number of likely N-dealkylation sites (tertiary alicyclic amines) is 1. The average Bonchev–Trinajstić information content (AvgIpc) is 2.53. The van der Waals surface area contributed by atoms with Crippen molar-refractivity contribution >= 4 is 11.8 Å². The van der Waals surface area contributed by atoms with Crippen molar-refractivity contribution in [1.82, 2.24) is 24.7 Å². The molecule has 1 saturated heterocycles. The highest BCUT2D eigenvalue weighted by atomic mass is 16.2. The highest BCUT2D eigenvalue weighted by Gasteiger charge is 2.27. The number of amides is 2. The van der Waals surface area contributed by atoms with Gasteiger partial charge in [-0.15, -0.1) is 0 Å². The first-order chi connectivity index (χ1) is 11.3. The standard InChI is InChI=1S/C17H27N5O2/c1-12-14(17(24)21(4)5)9-18-16(19-12)13-7-6-8-22(10-13)15(23)11-20(2)3/h9,13H,6-8,10-11H2,1-5H3/t13-/m0/s1.